The molecule has 11 heteroatoms. The molecule has 2 rings (SSSR count). The van der Waals surface area contributed by atoms with Gasteiger partial charge in [-0.3, -0.25) is 9.69 Å². The Hall–Kier alpha value is -2.63. The molecule has 1 aliphatic heterocycles. The quantitative estimate of drug-likeness (QED) is 0.131. The van der Waals surface area contributed by atoms with Crippen LogP contribution < -0.4 is 5.32 Å². The molecule has 1 aromatic rings. The zero-order valence-electron chi connectivity index (χ0n) is 23.0. The SMILES string of the molecule is COC(CC(F)(F)F)[C@H](C/C=C\OCCC(=O)OCCN1CCOCC1)[C@H](C=O)CNc1ccc(C)c(C)c1. The number of ether oxygens (including phenoxy) is 4. The summed E-state index contributed by atoms with van der Waals surface area (Å²) in [6, 6.07) is 5.73. The van der Waals surface area contributed by atoms with Gasteiger partial charge >= 0.3 is 12.1 Å². The normalized spacial score (nSPS) is 17.0. The van der Waals surface area contributed by atoms with Gasteiger partial charge in [-0.05, 0) is 49.6 Å². The summed E-state index contributed by atoms with van der Waals surface area (Å²) >= 11 is 0. The van der Waals surface area contributed by atoms with Crippen molar-refractivity contribution in [2.24, 2.45) is 11.8 Å². The van der Waals surface area contributed by atoms with Gasteiger partial charge in [0.25, 0.3) is 0 Å². The third kappa shape index (κ3) is 12.8. The number of benzene rings is 1. The molecular weight excluding hydrogens is 517 g/mol. The van der Waals surface area contributed by atoms with Crippen LogP contribution in [0.1, 0.15) is 30.4 Å². The largest absolute Gasteiger partial charge is 0.501 e. The van der Waals surface area contributed by atoms with E-state index in [-0.39, 0.29) is 32.6 Å². The van der Waals surface area contributed by atoms with Crippen LogP contribution in [0.25, 0.3) is 0 Å². The van der Waals surface area contributed by atoms with Crippen molar-refractivity contribution < 1.29 is 41.7 Å². The second-order valence-electron chi connectivity index (χ2n) is 9.64. The summed E-state index contributed by atoms with van der Waals surface area (Å²) in [6.45, 7) is 8.06. The van der Waals surface area contributed by atoms with Gasteiger partial charge in [-0.1, -0.05) is 6.07 Å². The van der Waals surface area contributed by atoms with E-state index in [0.29, 0.717) is 26.0 Å². The highest BCUT2D eigenvalue weighted by Gasteiger charge is 2.38. The highest BCUT2D eigenvalue weighted by Crippen LogP contribution is 2.31. The number of nitrogens with one attached hydrogen (secondary N) is 1. The fourth-order valence-corrected chi connectivity index (χ4v) is 4.30. The summed E-state index contributed by atoms with van der Waals surface area (Å²) in [7, 11) is 1.22. The first-order chi connectivity index (χ1) is 18.6. The summed E-state index contributed by atoms with van der Waals surface area (Å²) < 4.78 is 60.7. The first-order valence-electron chi connectivity index (χ1n) is 13.2. The van der Waals surface area contributed by atoms with Crippen LogP contribution in [0.3, 0.4) is 0 Å². The number of morpholine rings is 1. The molecule has 1 N–H and O–H groups in total. The maximum absolute atomic E-state index is 13.2. The number of carbonyl (C=O) groups is 2. The zero-order chi connectivity index (χ0) is 28.7. The number of aldehydes is 1. The number of hydrogen-bond donors (Lipinski definition) is 1. The first kappa shape index (κ1) is 32.6. The molecule has 1 heterocycles. The number of hydrogen-bond acceptors (Lipinski definition) is 8. The maximum atomic E-state index is 13.2. The van der Waals surface area contributed by atoms with Crippen molar-refractivity contribution in [2.75, 3.05) is 65.0 Å². The number of esters is 1. The van der Waals surface area contributed by atoms with Crippen molar-refractivity contribution >= 4 is 17.9 Å². The standard InChI is InChI=1S/C28H41F3N2O6/c1-21-6-7-24(17-22(21)2)32-19-23(20-34)25(26(36-3)18-28(29,30)31)5-4-12-37-13-8-27(35)39-16-11-33-9-14-38-15-10-33/h4,6-7,12,17,20,23,25-26,32H,5,8-11,13-16,18-19H2,1-3H3/b12-4-/t23-,25+,26?/m0/s1. The third-order valence-electron chi connectivity index (χ3n) is 6.79. The Bertz CT molecular complexity index is 906. The van der Waals surface area contributed by atoms with Crippen molar-refractivity contribution in [3.05, 3.63) is 41.7 Å². The van der Waals surface area contributed by atoms with E-state index in [2.05, 4.69) is 10.2 Å². The number of aryl methyl sites for hydroxylation is 2. The van der Waals surface area contributed by atoms with Crippen LogP contribution in [0, 0.1) is 25.7 Å². The number of allylic oxidation sites excluding steroid dienone is 1. The van der Waals surface area contributed by atoms with E-state index < -0.39 is 36.5 Å². The van der Waals surface area contributed by atoms with Gasteiger partial charge in [0.2, 0.25) is 0 Å². The molecule has 1 saturated heterocycles. The lowest BCUT2D eigenvalue weighted by Gasteiger charge is -2.30. The molecule has 1 unspecified atom stereocenters. The minimum atomic E-state index is -4.45. The lowest BCUT2D eigenvalue weighted by atomic mass is 9.84. The lowest BCUT2D eigenvalue weighted by Crippen LogP contribution is -2.38. The predicted octanol–water partition coefficient (Wildman–Crippen LogP) is 4.30. The van der Waals surface area contributed by atoms with Crippen LogP contribution >= 0.6 is 0 Å². The number of anilines is 1. The molecule has 0 bridgehead atoms. The third-order valence-corrected chi connectivity index (χ3v) is 6.79. The van der Waals surface area contributed by atoms with Crippen LogP contribution in [0.15, 0.2) is 30.5 Å². The topological polar surface area (TPSA) is 86.3 Å². The second kappa shape index (κ2) is 17.1. The molecule has 1 aromatic carbocycles. The van der Waals surface area contributed by atoms with Crippen LogP contribution in [0.2, 0.25) is 0 Å². The van der Waals surface area contributed by atoms with Gasteiger partial charge in [-0.15, -0.1) is 0 Å². The van der Waals surface area contributed by atoms with Gasteiger partial charge in [0.1, 0.15) is 12.9 Å². The first-order valence-corrected chi connectivity index (χ1v) is 13.2. The lowest BCUT2D eigenvalue weighted by molar-refractivity contribution is -0.167. The van der Waals surface area contributed by atoms with Crippen molar-refractivity contribution in [3.63, 3.8) is 0 Å². The van der Waals surface area contributed by atoms with E-state index in [4.69, 9.17) is 18.9 Å². The molecule has 1 aliphatic rings. The zero-order valence-corrected chi connectivity index (χ0v) is 23.0. The number of rotatable bonds is 17. The smallest absolute Gasteiger partial charge is 0.391 e. The molecule has 0 saturated carbocycles. The average Bonchev–Trinajstić information content (AvgIpc) is 2.90. The summed E-state index contributed by atoms with van der Waals surface area (Å²) in [6.07, 6.45) is -3.10. The van der Waals surface area contributed by atoms with Crippen LogP contribution in [-0.4, -0.2) is 89.2 Å². The highest BCUT2D eigenvalue weighted by molar-refractivity contribution is 5.69. The molecule has 8 nitrogen and oxygen atoms in total. The monoisotopic (exact) mass is 558 g/mol. The molecule has 0 radical (unpaired) electrons. The summed E-state index contributed by atoms with van der Waals surface area (Å²) in [5.41, 5.74) is 2.96. The summed E-state index contributed by atoms with van der Waals surface area (Å²) in [5, 5.41) is 3.16. The maximum Gasteiger partial charge on any atom is 0.391 e. The molecular formula is C28H41F3N2O6. The molecule has 3 atom stereocenters. The minimum Gasteiger partial charge on any atom is -0.501 e. The minimum absolute atomic E-state index is 0.0441. The fraction of sp³-hybridized carbons (Fsp3) is 0.643. The number of alkyl halides is 3. The Balaban J connectivity index is 1.86. The molecule has 39 heavy (non-hydrogen) atoms. The van der Waals surface area contributed by atoms with Crippen molar-refractivity contribution in [2.45, 2.75) is 45.4 Å². The highest BCUT2D eigenvalue weighted by atomic mass is 19.4. The molecule has 0 aromatic heterocycles. The summed E-state index contributed by atoms with van der Waals surface area (Å²) in [4.78, 5) is 26.0. The van der Waals surface area contributed by atoms with E-state index in [0.717, 1.165) is 29.9 Å². The van der Waals surface area contributed by atoms with E-state index in [1.165, 1.54) is 13.4 Å². The van der Waals surface area contributed by atoms with Crippen molar-refractivity contribution in [1.29, 1.82) is 0 Å². The molecule has 220 valence electrons. The van der Waals surface area contributed by atoms with E-state index in [9.17, 15) is 22.8 Å². The Kier molecular flexibility index (Phi) is 14.3. The Morgan fingerprint density at radius 2 is 1.92 bits per heavy atom. The van der Waals surface area contributed by atoms with Gasteiger partial charge in [-0.25, -0.2) is 0 Å². The Morgan fingerprint density at radius 3 is 2.56 bits per heavy atom. The fourth-order valence-electron chi connectivity index (χ4n) is 4.30. The number of nitrogens with zero attached hydrogens (tertiary/aromatic N) is 1. The summed E-state index contributed by atoms with van der Waals surface area (Å²) in [5.74, 6) is -1.89. The molecule has 0 aliphatic carbocycles. The molecule has 0 amide bonds. The van der Waals surface area contributed by atoms with Crippen LogP contribution in [0.5, 0.6) is 0 Å². The number of methoxy groups -OCH3 is 1. The van der Waals surface area contributed by atoms with E-state index in [1.807, 2.05) is 32.0 Å². The van der Waals surface area contributed by atoms with Gasteiger partial charge in [0.15, 0.2) is 0 Å². The van der Waals surface area contributed by atoms with E-state index in [1.54, 1.807) is 6.08 Å². The van der Waals surface area contributed by atoms with Crippen molar-refractivity contribution in [3.8, 4) is 0 Å². The van der Waals surface area contributed by atoms with Crippen LogP contribution in [-0.2, 0) is 28.5 Å². The number of halogens is 3. The van der Waals surface area contributed by atoms with Crippen LogP contribution in [0.4, 0.5) is 18.9 Å². The average molecular weight is 559 g/mol. The second-order valence-corrected chi connectivity index (χ2v) is 9.64. The number of carbonyl (C=O) groups excluding carboxylic acids is 2. The van der Waals surface area contributed by atoms with Crippen molar-refractivity contribution in [1.82, 2.24) is 4.90 Å². The van der Waals surface area contributed by atoms with Gasteiger partial charge < -0.3 is 29.1 Å². The Morgan fingerprint density at radius 1 is 1.18 bits per heavy atom. The van der Waals surface area contributed by atoms with Gasteiger partial charge in [0.05, 0.1) is 45.0 Å². The Labute approximate surface area is 228 Å². The van der Waals surface area contributed by atoms with Gasteiger partial charge in [-0.2, -0.15) is 13.2 Å². The predicted molar refractivity (Wildman–Crippen MR) is 141 cm³/mol. The van der Waals surface area contributed by atoms with E-state index >= 15 is 0 Å². The molecule has 0 spiro atoms. The molecule has 1 fully saturated rings. The van der Waals surface area contributed by atoms with Gasteiger partial charge in [0, 0.05) is 50.8 Å².